The molecular formula is C24H43N5O2. The maximum Gasteiger partial charge on any atom is 0.191 e. The molecule has 1 aromatic rings. The maximum absolute atomic E-state index is 5.43. The normalized spacial score (nSPS) is 16.5. The van der Waals surface area contributed by atoms with Crippen LogP contribution in [0.25, 0.3) is 0 Å². The summed E-state index contributed by atoms with van der Waals surface area (Å²) in [6.45, 7) is 7.44. The van der Waals surface area contributed by atoms with Gasteiger partial charge in [0.1, 0.15) is 11.5 Å². The Morgan fingerprint density at radius 3 is 2.13 bits per heavy atom. The number of nitrogens with one attached hydrogen (secondary N) is 2. The molecule has 0 spiro atoms. The number of benzene rings is 1. The second-order valence-electron chi connectivity index (χ2n) is 8.54. The van der Waals surface area contributed by atoms with Crippen molar-refractivity contribution in [3.63, 3.8) is 0 Å². The van der Waals surface area contributed by atoms with Crippen molar-refractivity contribution >= 4 is 11.6 Å². The summed E-state index contributed by atoms with van der Waals surface area (Å²) in [6.07, 6.45) is 4.51. The summed E-state index contributed by atoms with van der Waals surface area (Å²) >= 11 is 0. The van der Waals surface area contributed by atoms with E-state index < -0.39 is 0 Å². The smallest absolute Gasteiger partial charge is 0.191 e. The number of guanidine groups is 1. The minimum atomic E-state index is 0.418. The van der Waals surface area contributed by atoms with E-state index in [0.29, 0.717) is 18.0 Å². The van der Waals surface area contributed by atoms with Crippen molar-refractivity contribution in [2.75, 3.05) is 59.9 Å². The topological polar surface area (TPSA) is 61.4 Å². The fourth-order valence-electron chi connectivity index (χ4n) is 4.45. The van der Waals surface area contributed by atoms with Crippen LogP contribution in [0.5, 0.6) is 11.5 Å². The van der Waals surface area contributed by atoms with Crippen molar-refractivity contribution < 1.29 is 9.47 Å². The van der Waals surface area contributed by atoms with Crippen LogP contribution in [0.2, 0.25) is 0 Å². The molecule has 0 radical (unpaired) electrons. The van der Waals surface area contributed by atoms with Gasteiger partial charge in [-0.3, -0.25) is 4.99 Å². The first kappa shape index (κ1) is 25.1. The highest BCUT2D eigenvalue weighted by Crippen LogP contribution is 2.30. The van der Waals surface area contributed by atoms with Gasteiger partial charge in [0.05, 0.1) is 14.2 Å². The van der Waals surface area contributed by atoms with Gasteiger partial charge >= 0.3 is 0 Å². The quantitative estimate of drug-likeness (QED) is 0.436. The highest BCUT2D eigenvalue weighted by Gasteiger charge is 2.23. The van der Waals surface area contributed by atoms with Gasteiger partial charge in [0.2, 0.25) is 0 Å². The molecular weight excluding hydrogens is 390 g/mol. The van der Waals surface area contributed by atoms with Crippen LogP contribution in [0.4, 0.5) is 5.69 Å². The molecule has 7 nitrogen and oxygen atoms in total. The average Bonchev–Trinajstić information content (AvgIpc) is 2.80. The summed E-state index contributed by atoms with van der Waals surface area (Å²) < 4.78 is 10.9. The van der Waals surface area contributed by atoms with Gasteiger partial charge in [-0.05, 0) is 32.9 Å². The van der Waals surface area contributed by atoms with Gasteiger partial charge in [0.15, 0.2) is 5.96 Å². The van der Waals surface area contributed by atoms with Crippen LogP contribution in [0.1, 0.15) is 39.5 Å². The second kappa shape index (κ2) is 12.6. The molecule has 1 atom stereocenters. The highest BCUT2D eigenvalue weighted by atomic mass is 16.5. The highest BCUT2D eigenvalue weighted by molar-refractivity contribution is 5.80. The van der Waals surface area contributed by atoms with E-state index in [0.717, 1.165) is 55.6 Å². The van der Waals surface area contributed by atoms with Gasteiger partial charge in [-0.1, -0.05) is 26.7 Å². The van der Waals surface area contributed by atoms with Gasteiger partial charge in [-0.2, -0.15) is 0 Å². The van der Waals surface area contributed by atoms with Crippen molar-refractivity contribution in [2.45, 2.75) is 51.6 Å². The lowest BCUT2D eigenvalue weighted by molar-refractivity contribution is 0.200. The number of piperidine rings is 1. The Labute approximate surface area is 189 Å². The van der Waals surface area contributed by atoms with Gasteiger partial charge in [-0.15, -0.1) is 0 Å². The van der Waals surface area contributed by atoms with Gasteiger partial charge < -0.3 is 29.9 Å². The molecule has 0 aromatic heterocycles. The SMILES string of the molecule is CCC(CC)C(CNC(=NC)NC1CCN(c2cc(OC)cc(OC)c2)CC1)N(C)C. The lowest BCUT2D eigenvalue weighted by atomic mass is 9.93. The Bertz CT molecular complexity index is 660. The van der Waals surface area contributed by atoms with Gasteiger partial charge in [0, 0.05) is 62.7 Å². The number of rotatable bonds is 10. The standard InChI is InChI=1S/C24H43N5O2/c1-8-18(9-2)23(28(4)5)17-26-24(25-3)27-19-10-12-29(13-11-19)20-14-21(30-6)16-22(15-20)31-7/h14-16,18-19,23H,8-13,17H2,1-7H3,(H2,25,26,27). The van der Waals surface area contributed by atoms with Crippen LogP contribution in [0.15, 0.2) is 23.2 Å². The van der Waals surface area contributed by atoms with E-state index in [1.165, 1.54) is 12.8 Å². The molecule has 1 aliphatic heterocycles. The van der Waals surface area contributed by atoms with E-state index in [2.05, 4.69) is 65.5 Å². The molecule has 1 saturated heterocycles. The molecule has 0 amide bonds. The number of likely N-dealkylation sites (N-methyl/N-ethyl adjacent to an activating group) is 1. The van der Waals surface area contributed by atoms with Crippen molar-refractivity contribution in [3.8, 4) is 11.5 Å². The number of ether oxygens (including phenoxy) is 2. The molecule has 0 aliphatic carbocycles. The van der Waals surface area contributed by atoms with Crippen molar-refractivity contribution in [2.24, 2.45) is 10.9 Å². The maximum atomic E-state index is 5.43. The van der Waals surface area contributed by atoms with Gasteiger partial charge in [-0.25, -0.2) is 0 Å². The van der Waals surface area contributed by atoms with E-state index in [9.17, 15) is 0 Å². The molecule has 1 heterocycles. The molecule has 7 heteroatoms. The molecule has 1 aromatic carbocycles. The number of methoxy groups -OCH3 is 2. The summed E-state index contributed by atoms with van der Waals surface area (Å²) in [5.41, 5.74) is 1.15. The van der Waals surface area contributed by atoms with Crippen LogP contribution in [0.3, 0.4) is 0 Å². The summed E-state index contributed by atoms with van der Waals surface area (Å²) in [5, 5.41) is 7.21. The minimum absolute atomic E-state index is 0.418. The zero-order valence-corrected chi connectivity index (χ0v) is 20.6. The first-order chi connectivity index (χ1) is 14.9. The third-order valence-corrected chi connectivity index (χ3v) is 6.50. The number of anilines is 1. The number of hydrogen-bond acceptors (Lipinski definition) is 5. The van der Waals surface area contributed by atoms with E-state index in [1.807, 2.05) is 13.1 Å². The van der Waals surface area contributed by atoms with E-state index in [4.69, 9.17) is 9.47 Å². The molecule has 1 fully saturated rings. The summed E-state index contributed by atoms with van der Waals surface area (Å²) in [5.74, 6) is 3.24. The number of hydrogen-bond donors (Lipinski definition) is 2. The molecule has 2 rings (SSSR count). The van der Waals surface area contributed by atoms with E-state index in [-0.39, 0.29) is 0 Å². The Morgan fingerprint density at radius 1 is 1.10 bits per heavy atom. The first-order valence-electron chi connectivity index (χ1n) is 11.6. The zero-order chi connectivity index (χ0) is 22.8. The van der Waals surface area contributed by atoms with Crippen molar-refractivity contribution in [3.05, 3.63) is 18.2 Å². The van der Waals surface area contributed by atoms with Crippen LogP contribution < -0.4 is 25.0 Å². The number of nitrogens with zero attached hydrogens (tertiary/aromatic N) is 3. The second-order valence-corrected chi connectivity index (χ2v) is 8.54. The minimum Gasteiger partial charge on any atom is -0.497 e. The average molecular weight is 434 g/mol. The lowest BCUT2D eigenvalue weighted by Crippen LogP contribution is -2.52. The Morgan fingerprint density at radius 2 is 1.68 bits per heavy atom. The van der Waals surface area contributed by atoms with Crippen LogP contribution in [-0.2, 0) is 0 Å². The molecule has 1 aliphatic rings. The lowest BCUT2D eigenvalue weighted by Gasteiger charge is -2.35. The summed E-state index contributed by atoms with van der Waals surface area (Å²) in [7, 11) is 9.58. The molecule has 176 valence electrons. The monoisotopic (exact) mass is 433 g/mol. The molecule has 31 heavy (non-hydrogen) atoms. The fourth-order valence-corrected chi connectivity index (χ4v) is 4.45. The third kappa shape index (κ3) is 7.20. The first-order valence-corrected chi connectivity index (χ1v) is 11.6. The molecule has 0 saturated carbocycles. The largest absolute Gasteiger partial charge is 0.497 e. The Balaban J connectivity index is 1.89. The predicted octanol–water partition coefficient (Wildman–Crippen LogP) is 3.20. The predicted molar refractivity (Wildman–Crippen MR) is 131 cm³/mol. The van der Waals surface area contributed by atoms with Crippen molar-refractivity contribution in [1.29, 1.82) is 0 Å². The fraction of sp³-hybridized carbons (Fsp3) is 0.708. The Hall–Kier alpha value is -2.15. The third-order valence-electron chi connectivity index (χ3n) is 6.50. The molecule has 2 N–H and O–H groups in total. The van der Waals surface area contributed by atoms with Crippen LogP contribution >= 0.6 is 0 Å². The van der Waals surface area contributed by atoms with Crippen LogP contribution in [0, 0.1) is 5.92 Å². The summed E-state index contributed by atoms with van der Waals surface area (Å²) in [6, 6.07) is 6.99. The van der Waals surface area contributed by atoms with Gasteiger partial charge in [0.25, 0.3) is 0 Å². The molecule has 0 bridgehead atoms. The molecule has 1 unspecified atom stereocenters. The number of aliphatic imine (C=N–C) groups is 1. The van der Waals surface area contributed by atoms with E-state index in [1.54, 1.807) is 14.2 Å². The van der Waals surface area contributed by atoms with Crippen molar-refractivity contribution in [1.82, 2.24) is 15.5 Å². The van der Waals surface area contributed by atoms with E-state index >= 15 is 0 Å². The Kier molecular flexibility index (Phi) is 10.2. The zero-order valence-electron chi connectivity index (χ0n) is 20.6. The summed E-state index contributed by atoms with van der Waals surface area (Å²) in [4.78, 5) is 9.21. The van der Waals surface area contributed by atoms with Crippen LogP contribution in [-0.4, -0.2) is 77.9 Å².